The van der Waals surface area contributed by atoms with Gasteiger partial charge in [0.2, 0.25) is 0 Å². The van der Waals surface area contributed by atoms with Gasteiger partial charge in [-0.2, -0.15) is 0 Å². The predicted molar refractivity (Wildman–Crippen MR) is 98.4 cm³/mol. The molecular formula is C22H20. The summed E-state index contributed by atoms with van der Waals surface area (Å²) in [6.45, 7) is 0. The van der Waals surface area contributed by atoms with Gasteiger partial charge in [0, 0.05) is 0 Å². The van der Waals surface area contributed by atoms with E-state index >= 15 is 0 Å². The second-order valence-corrected chi connectivity index (χ2v) is 4.69. The van der Waals surface area contributed by atoms with Crippen LogP contribution in [0.4, 0.5) is 0 Å². The minimum Gasteiger partial charge on any atom is -0.0623 e. The molecule has 0 aliphatic carbocycles. The molecule has 0 N–H and O–H groups in total. The van der Waals surface area contributed by atoms with Gasteiger partial charge >= 0.3 is 0 Å². The van der Waals surface area contributed by atoms with Gasteiger partial charge < -0.3 is 0 Å². The van der Waals surface area contributed by atoms with Crippen LogP contribution in [0.1, 0.15) is 11.1 Å². The zero-order chi connectivity index (χ0) is 15.3. The van der Waals surface area contributed by atoms with E-state index in [0.29, 0.717) is 0 Å². The molecule has 2 aromatic carbocycles. The first-order valence-electron chi connectivity index (χ1n) is 7.40. The fraction of sp³-hybridized carbons (Fsp3) is 0. The Morgan fingerprint density at radius 1 is 0.364 bits per heavy atom. The third-order valence-corrected chi connectivity index (χ3v) is 2.95. The molecule has 2 aromatic rings. The number of allylic oxidation sites excluding steroid dienone is 8. The Balaban J connectivity index is 1.71. The molecule has 0 heteroatoms. The van der Waals surface area contributed by atoms with Crippen molar-refractivity contribution in [2.45, 2.75) is 0 Å². The number of rotatable bonds is 6. The molecule has 0 amide bonds. The van der Waals surface area contributed by atoms with E-state index in [4.69, 9.17) is 0 Å². The van der Waals surface area contributed by atoms with E-state index in [1.54, 1.807) is 0 Å². The lowest BCUT2D eigenvalue weighted by Crippen LogP contribution is -1.66. The molecule has 22 heavy (non-hydrogen) atoms. The molecule has 0 aliphatic heterocycles. The van der Waals surface area contributed by atoms with E-state index in [9.17, 15) is 0 Å². The molecule has 0 atom stereocenters. The minimum absolute atomic E-state index is 1.21. The van der Waals surface area contributed by atoms with Crippen LogP contribution in [0, 0.1) is 0 Å². The monoisotopic (exact) mass is 284 g/mol. The quantitative estimate of drug-likeness (QED) is 0.564. The van der Waals surface area contributed by atoms with Crippen LogP contribution in [0.15, 0.2) is 109 Å². The van der Waals surface area contributed by atoms with Gasteiger partial charge in [-0.15, -0.1) is 0 Å². The summed E-state index contributed by atoms with van der Waals surface area (Å²) in [6, 6.07) is 20.5. The Labute approximate surface area is 133 Å². The Bertz CT molecular complexity index is 607. The first-order chi connectivity index (χ1) is 10.9. The summed E-state index contributed by atoms with van der Waals surface area (Å²) in [4.78, 5) is 0. The van der Waals surface area contributed by atoms with Gasteiger partial charge in [-0.05, 0) is 11.1 Å². The molecule has 0 aliphatic rings. The predicted octanol–water partition coefficient (Wildman–Crippen LogP) is 6.08. The lowest BCUT2D eigenvalue weighted by atomic mass is 10.2. The smallest absolute Gasteiger partial charge is 0.0257 e. The highest BCUT2D eigenvalue weighted by atomic mass is 13.9. The van der Waals surface area contributed by atoms with Crippen molar-refractivity contribution in [3.63, 3.8) is 0 Å². The maximum absolute atomic E-state index is 2.09. The molecule has 0 heterocycles. The summed E-state index contributed by atoms with van der Waals surface area (Å²) >= 11 is 0. The second kappa shape index (κ2) is 9.95. The van der Waals surface area contributed by atoms with Gasteiger partial charge in [0.05, 0.1) is 0 Å². The van der Waals surface area contributed by atoms with Crippen molar-refractivity contribution >= 4 is 12.2 Å². The molecule has 0 aromatic heterocycles. The van der Waals surface area contributed by atoms with Crippen molar-refractivity contribution in [1.82, 2.24) is 0 Å². The van der Waals surface area contributed by atoms with Crippen LogP contribution in [-0.4, -0.2) is 0 Å². The lowest BCUT2D eigenvalue weighted by Gasteiger charge is -1.88. The van der Waals surface area contributed by atoms with Crippen LogP contribution >= 0.6 is 0 Å². The molecule has 0 saturated heterocycles. The summed E-state index contributed by atoms with van der Waals surface area (Å²) in [7, 11) is 0. The normalized spacial score (nSPS) is 12.5. The summed E-state index contributed by atoms with van der Waals surface area (Å²) in [5.74, 6) is 0. The molecule has 0 spiro atoms. The van der Waals surface area contributed by atoms with Gasteiger partial charge in [-0.1, -0.05) is 121 Å². The first-order valence-corrected chi connectivity index (χ1v) is 7.40. The van der Waals surface area contributed by atoms with Crippen LogP contribution in [0.2, 0.25) is 0 Å². The topological polar surface area (TPSA) is 0 Å². The summed E-state index contributed by atoms with van der Waals surface area (Å²) in [5.41, 5.74) is 2.42. The highest BCUT2D eigenvalue weighted by Gasteiger charge is 1.80. The van der Waals surface area contributed by atoms with Crippen LogP contribution in [0.3, 0.4) is 0 Å². The largest absolute Gasteiger partial charge is 0.0623 e. The van der Waals surface area contributed by atoms with Crippen molar-refractivity contribution in [1.29, 1.82) is 0 Å². The maximum Gasteiger partial charge on any atom is -0.0257 e. The minimum atomic E-state index is 1.21. The van der Waals surface area contributed by atoms with Crippen LogP contribution in [0.5, 0.6) is 0 Å². The van der Waals surface area contributed by atoms with E-state index < -0.39 is 0 Å². The van der Waals surface area contributed by atoms with Crippen LogP contribution in [-0.2, 0) is 0 Å². The fourth-order valence-electron chi connectivity index (χ4n) is 1.85. The molecule has 0 fully saturated rings. The summed E-state index contributed by atoms with van der Waals surface area (Å²) in [6.07, 6.45) is 20.4. The van der Waals surface area contributed by atoms with Gasteiger partial charge in [0.25, 0.3) is 0 Å². The third-order valence-electron chi connectivity index (χ3n) is 2.95. The Hall–Kier alpha value is -2.86. The molecule has 0 unspecified atom stereocenters. The van der Waals surface area contributed by atoms with Crippen LogP contribution in [0.25, 0.3) is 12.2 Å². The van der Waals surface area contributed by atoms with E-state index in [0.717, 1.165) is 0 Å². The van der Waals surface area contributed by atoms with E-state index in [1.807, 2.05) is 85.0 Å². The molecule has 0 radical (unpaired) electrons. The second-order valence-electron chi connectivity index (χ2n) is 4.69. The maximum atomic E-state index is 2.09. The Kier molecular flexibility index (Phi) is 7.02. The molecule has 0 nitrogen and oxygen atoms in total. The number of hydrogen-bond acceptors (Lipinski definition) is 0. The van der Waals surface area contributed by atoms with Crippen molar-refractivity contribution < 1.29 is 0 Å². The van der Waals surface area contributed by atoms with Gasteiger partial charge in [0.1, 0.15) is 0 Å². The first kappa shape index (κ1) is 15.5. The molecule has 0 saturated carbocycles. The van der Waals surface area contributed by atoms with Crippen molar-refractivity contribution in [3.8, 4) is 0 Å². The zero-order valence-electron chi connectivity index (χ0n) is 12.5. The standard InChI is InChI=1S/C22H20/c1(3-5-9-15-21-17-11-7-12-18-21)2-4-6-10-16-22-19-13-8-14-20-22/h1-20H. The Morgan fingerprint density at radius 3 is 1.05 bits per heavy atom. The highest BCUT2D eigenvalue weighted by Crippen LogP contribution is 2.01. The van der Waals surface area contributed by atoms with Gasteiger partial charge in [-0.25, -0.2) is 0 Å². The van der Waals surface area contributed by atoms with Gasteiger partial charge in [-0.3, -0.25) is 0 Å². The fourth-order valence-corrected chi connectivity index (χ4v) is 1.85. The highest BCUT2D eigenvalue weighted by molar-refractivity contribution is 5.51. The molecular weight excluding hydrogens is 264 g/mol. The average Bonchev–Trinajstić information content (AvgIpc) is 2.58. The Morgan fingerprint density at radius 2 is 0.682 bits per heavy atom. The van der Waals surface area contributed by atoms with E-state index in [1.165, 1.54) is 11.1 Å². The molecule has 0 bridgehead atoms. The van der Waals surface area contributed by atoms with E-state index in [2.05, 4.69) is 36.4 Å². The van der Waals surface area contributed by atoms with Crippen molar-refractivity contribution in [2.75, 3.05) is 0 Å². The van der Waals surface area contributed by atoms with Crippen molar-refractivity contribution in [2.24, 2.45) is 0 Å². The lowest BCUT2D eigenvalue weighted by molar-refractivity contribution is 1.66. The number of benzene rings is 2. The summed E-state index contributed by atoms with van der Waals surface area (Å²) in [5, 5.41) is 0. The SMILES string of the molecule is C(=CC=CC=Cc1ccccc1)C=CC=Cc1ccccc1. The summed E-state index contributed by atoms with van der Waals surface area (Å²) < 4.78 is 0. The zero-order valence-corrected chi connectivity index (χ0v) is 12.5. The van der Waals surface area contributed by atoms with Gasteiger partial charge in [0.15, 0.2) is 0 Å². The third kappa shape index (κ3) is 6.53. The van der Waals surface area contributed by atoms with Crippen molar-refractivity contribution in [3.05, 3.63) is 120 Å². The average molecular weight is 284 g/mol. The van der Waals surface area contributed by atoms with E-state index in [-0.39, 0.29) is 0 Å². The molecule has 108 valence electrons. The number of hydrogen-bond donors (Lipinski definition) is 0. The van der Waals surface area contributed by atoms with Crippen LogP contribution < -0.4 is 0 Å². The molecule has 2 rings (SSSR count).